The van der Waals surface area contributed by atoms with E-state index in [0.29, 0.717) is 17.5 Å². The number of fused-ring (bicyclic) bond motifs is 7. The van der Waals surface area contributed by atoms with E-state index in [1.54, 1.807) is 0 Å². The van der Waals surface area contributed by atoms with Crippen LogP contribution < -0.4 is 0 Å². The lowest BCUT2D eigenvalue weighted by Gasteiger charge is -2.14. The summed E-state index contributed by atoms with van der Waals surface area (Å²) in [4.78, 5) is 20.3. The lowest BCUT2D eigenvalue weighted by molar-refractivity contribution is 1.08. The molecule has 204 valence electrons. The van der Waals surface area contributed by atoms with E-state index < -0.39 is 0 Å². The minimum atomic E-state index is 0.595. The average molecular weight is 561 g/mol. The van der Waals surface area contributed by atoms with Crippen molar-refractivity contribution in [3.63, 3.8) is 0 Å². The van der Waals surface area contributed by atoms with Crippen LogP contribution in [0, 0.1) is 0 Å². The van der Waals surface area contributed by atoms with Gasteiger partial charge in [0.25, 0.3) is 0 Å². The van der Waals surface area contributed by atoms with Gasteiger partial charge in [-0.05, 0) is 67.4 Å². The van der Waals surface area contributed by atoms with Crippen LogP contribution in [0.3, 0.4) is 0 Å². The zero-order valence-electron chi connectivity index (χ0n) is 23.6. The van der Waals surface area contributed by atoms with Crippen LogP contribution in [0.4, 0.5) is 0 Å². The first-order valence-corrected chi connectivity index (χ1v) is 14.7. The number of hydrogen-bond acceptors (Lipinski definition) is 4. The Labute approximate surface area is 253 Å². The van der Waals surface area contributed by atoms with E-state index in [0.717, 1.165) is 49.1 Å². The lowest BCUT2D eigenvalue weighted by atomic mass is 9.96. The van der Waals surface area contributed by atoms with Crippen LogP contribution >= 0.6 is 0 Å². The molecular weight excluding hydrogens is 536 g/mol. The molecule has 44 heavy (non-hydrogen) atoms. The number of hydrogen-bond donors (Lipinski definition) is 0. The fourth-order valence-electron chi connectivity index (χ4n) is 6.42. The van der Waals surface area contributed by atoms with Gasteiger partial charge < -0.3 is 0 Å². The molecule has 0 N–H and O–H groups in total. The summed E-state index contributed by atoms with van der Waals surface area (Å²) in [5.74, 6) is 1.87. The zero-order chi connectivity index (χ0) is 29.0. The minimum Gasteiger partial charge on any atom is -0.255 e. The van der Waals surface area contributed by atoms with Crippen molar-refractivity contribution < 1.29 is 0 Å². The van der Waals surface area contributed by atoms with Gasteiger partial charge in [0.15, 0.2) is 17.5 Å². The second-order valence-electron chi connectivity index (χ2n) is 11.1. The molecule has 4 nitrogen and oxygen atoms in total. The van der Waals surface area contributed by atoms with Crippen LogP contribution in [0.25, 0.3) is 88.2 Å². The molecule has 0 amide bonds. The molecule has 2 heterocycles. The van der Waals surface area contributed by atoms with Crippen molar-refractivity contribution in [2.75, 3.05) is 0 Å². The Bertz CT molecular complexity index is 2430. The Morgan fingerprint density at radius 2 is 0.773 bits per heavy atom. The maximum absolute atomic E-state index is 5.23. The van der Waals surface area contributed by atoms with Gasteiger partial charge in [-0.15, -0.1) is 0 Å². The van der Waals surface area contributed by atoms with Crippen molar-refractivity contribution in [1.29, 1.82) is 0 Å². The molecule has 0 unspecified atom stereocenters. The van der Waals surface area contributed by atoms with Gasteiger partial charge in [-0.3, -0.25) is 4.98 Å². The summed E-state index contributed by atoms with van der Waals surface area (Å²) in [6.07, 6.45) is 1.86. The maximum Gasteiger partial charge on any atom is 0.165 e. The van der Waals surface area contributed by atoms with E-state index in [1.807, 2.05) is 24.4 Å². The molecule has 0 bridgehead atoms. The first-order valence-electron chi connectivity index (χ1n) is 14.7. The first kappa shape index (κ1) is 24.6. The van der Waals surface area contributed by atoms with Crippen molar-refractivity contribution in [3.8, 4) is 34.2 Å². The van der Waals surface area contributed by atoms with Crippen molar-refractivity contribution in [2.24, 2.45) is 0 Å². The highest BCUT2D eigenvalue weighted by molar-refractivity contribution is 6.14. The highest BCUT2D eigenvalue weighted by Gasteiger charge is 2.18. The number of rotatable bonds is 3. The van der Waals surface area contributed by atoms with Crippen LogP contribution in [0.15, 0.2) is 146 Å². The molecule has 0 saturated heterocycles. The molecule has 2 aromatic heterocycles. The topological polar surface area (TPSA) is 51.6 Å². The quantitative estimate of drug-likeness (QED) is 0.202. The standard InChI is InChI=1S/C40H24N4/c1-4-14-29-25(11-1)22-35(33-18-8-6-16-31(29)33)39-42-38(28-21-27-13-3-10-20-37(27)41-24-28)43-40(44-39)36-23-26-12-2-5-15-30(26)32-17-7-9-19-34(32)36/h1-24H. The summed E-state index contributed by atoms with van der Waals surface area (Å²) in [6.45, 7) is 0. The summed E-state index contributed by atoms with van der Waals surface area (Å²) < 4.78 is 0. The summed E-state index contributed by atoms with van der Waals surface area (Å²) in [5, 5.41) is 10.3. The summed E-state index contributed by atoms with van der Waals surface area (Å²) in [6, 6.07) is 48.6. The van der Waals surface area contributed by atoms with Crippen LogP contribution in [-0.2, 0) is 0 Å². The van der Waals surface area contributed by atoms with Crippen LogP contribution in [0.5, 0.6) is 0 Å². The summed E-state index contributed by atoms with van der Waals surface area (Å²) in [7, 11) is 0. The Hall–Kier alpha value is -6.00. The highest BCUT2D eigenvalue weighted by atomic mass is 15.0. The van der Waals surface area contributed by atoms with Crippen molar-refractivity contribution >= 4 is 54.0 Å². The smallest absolute Gasteiger partial charge is 0.165 e. The van der Waals surface area contributed by atoms with Gasteiger partial charge in [0, 0.05) is 28.3 Å². The van der Waals surface area contributed by atoms with Crippen molar-refractivity contribution in [2.45, 2.75) is 0 Å². The predicted octanol–water partition coefficient (Wildman–Crippen LogP) is 10.0. The third-order valence-electron chi connectivity index (χ3n) is 8.50. The third-order valence-corrected chi connectivity index (χ3v) is 8.50. The van der Waals surface area contributed by atoms with Gasteiger partial charge in [0.05, 0.1) is 5.52 Å². The van der Waals surface area contributed by atoms with E-state index in [9.17, 15) is 0 Å². The first-order chi connectivity index (χ1) is 21.8. The Kier molecular flexibility index (Phi) is 5.47. The molecule has 9 aromatic rings. The van der Waals surface area contributed by atoms with E-state index >= 15 is 0 Å². The monoisotopic (exact) mass is 560 g/mol. The van der Waals surface area contributed by atoms with E-state index in [2.05, 4.69) is 121 Å². The summed E-state index contributed by atoms with van der Waals surface area (Å²) >= 11 is 0. The van der Waals surface area contributed by atoms with Gasteiger partial charge in [0.2, 0.25) is 0 Å². The number of nitrogens with zero attached hydrogens (tertiary/aromatic N) is 4. The number of aromatic nitrogens is 4. The largest absolute Gasteiger partial charge is 0.255 e. The van der Waals surface area contributed by atoms with E-state index in [4.69, 9.17) is 19.9 Å². The second kappa shape index (κ2) is 9.79. The number of pyridine rings is 1. The summed E-state index contributed by atoms with van der Waals surface area (Å²) in [5.41, 5.74) is 3.74. The van der Waals surface area contributed by atoms with Crippen molar-refractivity contribution in [1.82, 2.24) is 19.9 Å². The maximum atomic E-state index is 5.23. The van der Waals surface area contributed by atoms with Crippen LogP contribution in [0.2, 0.25) is 0 Å². The molecule has 0 saturated carbocycles. The average Bonchev–Trinajstić information content (AvgIpc) is 3.10. The SMILES string of the molecule is c1ccc2ncc(-c3nc(-c4cc5ccccc5c5ccccc45)nc(-c4cc5ccccc5c5ccccc45)n3)cc2c1. The highest BCUT2D eigenvalue weighted by Crippen LogP contribution is 2.37. The van der Waals surface area contributed by atoms with Gasteiger partial charge in [-0.1, -0.05) is 115 Å². The fraction of sp³-hybridized carbons (Fsp3) is 0. The molecule has 0 fully saturated rings. The van der Waals surface area contributed by atoms with Crippen molar-refractivity contribution in [3.05, 3.63) is 146 Å². The Balaban J connectivity index is 1.38. The third kappa shape index (κ3) is 3.92. The molecule has 0 aliphatic heterocycles. The molecule has 7 aromatic carbocycles. The lowest BCUT2D eigenvalue weighted by Crippen LogP contribution is -2.01. The van der Waals surface area contributed by atoms with Gasteiger partial charge in [0.1, 0.15) is 0 Å². The molecular formula is C40H24N4. The molecule has 0 atom stereocenters. The zero-order valence-corrected chi connectivity index (χ0v) is 23.6. The molecule has 4 heteroatoms. The second-order valence-corrected chi connectivity index (χ2v) is 11.1. The molecule has 0 aliphatic rings. The minimum absolute atomic E-state index is 0.595. The molecule has 0 radical (unpaired) electrons. The van der Waals surface area contributed by atoms with Crippen LogP contribution in [0.1, 0.15) is 0 Å². The Morgan fingerprint density at radius 1 is 0.341 bits per heavy atom. The Morgan fingerprint density at radius 3 is 1.34 bits per heavy atom. The van der Waals surface area contributed by atoms with E-state index in [-0.39, 0.29) is 0 Å². The van der Waals surface area contributed by atoms with E-state index in [1.165, 1.54) is 21.5 Å². The molecule has 0 aliphatic carbocycles. The normalized spacial score (nSPS) is 11.6. The van der Waals surface area contributed by atoms with Crippen LogP contribution in [-0.4, -0.2) is 19.9 Å². The molecule has 0 spiro atoms. The fourth-order valence-corrected chi connectivity index (χ4v) is 6.42. The molecule has 9 rings (SSSR count). The predicted molar refractivity (Wildman–Crippen MR) is 181 cm³/mol. The van der Waals surface area contributed by atoms with Gasteiger partial charge >= 0.3 is 0 Å². The van der Waals surface area contributed by atoms with Gasteiger partial charge in [-0.2, -0.15) is 0 Å². The number of para-hydroxylation sites is 1. The number of benzene rings is 7. The van der Waals surface area contributed by atoms with Gasteiger partial charge in [-0.25, -0.2) is 15.0 Å².